The van der Waals surface area contributed by atoms with Crippen LogP contribution in [0.3, 0.4) is 0 Å². The molecular weight excluding hydrogens is 266 g/mol. The van der Waals surface area contributed by atoms with Crippen molar-refractivity contribution in [1.29, 1.82) is 0 Å². The first kappa shape index (κ1) is 13.7. The predicted octanol–water partition coefficient (Wildman–Crippen LogP) is 1.94. The third-order valence-electron chi connectivity index (χ3n) is 3.74. The van der Waals surface area contributed by atoms with E-state index in [4.69, 9.17) is 4.74 Å². The Kier molecular flexibility index (Phi) is 3.90. The largest absolute Gasteiger partial charge is 0.494 e. The average Bonchev–Trinajstić information content (AvgIpc) is 2.97. The number of carbonyl (C=O) groups is 1. The van der Waals surface area contributed by atoms with Gasteiger partial charge in [-0.15, -0.1) is 0 Å². The molecule has 21 heavy (non-hydrogen) atoms. The van der Waals surface area contributed by atoms with Gasteiger partial charge in [0, 0.05) is 30.8 Å². The average molecular weight is 285 g/mol. The molecule has 110 valence electrons. The Morgan fingerprint density at radius 1 is 1.38 bits per heavy atom. The molecule has 1 aliphatic heterocycles. The summed E-state index contributed by atoms with van der Waals surface area (Å²) in [5.74, 6) is 1.00. The van der Waals surface area contributed by atoms with Gasteiger partial charge in [-0.1, -0.05) is 12.1 Å². The van der Waals surface area contributed by atoms with Crippen LogP contribution in [-0.2, 0) is 24.2 Å². The smallest absolute Gasteiger partial charge is 0.227 e. The highest BCUT2D eigenvalue weighted by Crippen LogP contribution is 2.18. The number of nitrogens with zero attached hydrogens (tertiary/aromatic N) is 2. The van der Waals surface area contributed by atoms with Gasteiger partial charge < -0.3 is 9.64 Å². The van der Waals surface area contributed by atoms with E-state index in [1.165, 1.54) is 0 Å². The van der Waals surface area contributed by atoms with Gasteiger partial charge in [0.25, 0.3) is 0 Å². The summed E-state index contributed by atoms with van der Waals surface area (Å²) in [6.07, 6.45) is 3.09. The van der Waals surface area contributed by atoms with Crippen LogP contribution < -0.4 is 4.74 Å². The lowest BCUT2D eigenvalue weighted by atomic mass is 10.1. The number of aromatic nitrogens is 2. The first-order valence-electron chi connectivity index (χ1n) is 7.27. The molecule has 5 heteroatoms. The van der Waals surface area contributed by atoms with E-state index in [1.807, 2.05) is 42.3 Å². The standard InChI is InChI=1S/C16H19N3O2/c1-2-21-14-5-3-12(4-6-14)9-16(20)19-8-7-15-13(11-19)10-17-18-15/h3-6,10H,2,7-9,11H2,1H3,(H,17,18). The minimum Gasteiger partial charge on any atom is -0.494 e. The van der Waals surface area contributed by atoms with Crippen molar-refractivity contribution in [3.8, 4) is 5.75 Å². The van der Waals surface area contributed by atoms with Gasteiger partial charge in [-0.2, -0.15) is 5.10 Å². The highest BCUT2D eigenvalue weighted by atomic mass is 16.5. The Bertz CT molecular complexity index is 619. The summed E-state index contributed by atoms with van der Waals surface area (Å²) >= 11 is 0. The van der Waals surface area contributed by atoms with Crippen LogP contribution in [0.15, 0.2) is 30.5 Å². The summed E-state index contributed by atoms with van der Waals surface area (Å²) in [7, 11) is 0. The van der Waals surface area contributed by atoms with Crippen molar-refractivity contribution < 1.29 is 9.53 Å². The van der Waals surface area contributed by atoms with E-state index in [0.717, 1.165) is 35.5 Å². The Morgan fingerprint density at radius 3 is 2.95 bits per heavy atom. The Labute approximate surface area is 123 Å². The van der Waals surface area contributed by atoms with Crippen molar-refractivity contribution in [1.82, 2.24) is 15.1 Å². The van der Waals surface area contributed by atoms with Gasteiger partial charge in [0.05, 0.1) is 19.2 Å². The number of hydrogen-bond donors (Lipinski definition) is 1. The molecular formula is C16H19N3O2. The quantitative estimate of drug-likeness (QED) is 0.934. The molecule has 1 N–H and O–H groups in total. The van der Waals surface area contributed by atoms with Crippen molar-refractivity contribution >= 4 is 5.91 Å². The molecule has 3 rings (SSSR count). The van der Waals surface area contributed by atoms with Gasteiger partial charge in [0.2, 0.25) is 5.91 Å². The first-order chi connectivity index (χ1) is 10.3. The molecule has 0 radical (unpaired) electrons. The monoisotopic (exact) mass is 285 g/mol. The fraction of sp³-hybridized carbons (Fsp3) is 0.375. The molecule has 0 fully saturated rings. The number of benzene rings is 1. The first-order valence-corrected chi connectivity index (χ1v) is 7.27. The third kappa shape index (κ3) is 3.07. The summed E-state index contributed by atoms with van der Waals surface area (Å²) in [5.41, 5.74) is 3.29. The lowest BCUT2D eigenvalue weighted by molar-refractivity contribution is -0.131. The number of amides is 1. The van der Waals surface area contributed by atoms with Crippen LogP contribution in [0.4, 0.5) is 0 Å². The van der Waals surface area contributed by atoms with Crippen molar-refractivity contribution in [2.75, 3.05) is 13.2 Å². The molecule has 0 saturated heterocycles. The number of H-pyrrole nitrogens is 1. The van der Waals surface area contributed by atoms with Gasteiger partial charge in [-0.05, 0) is 24.6 Å². The molecule has 0 spiro atoms. The molecule has 2 aromatic rings. The SMILES string of the molecule is CCOc1ccc(CC(=O)N2CCc3[nH]ncc3C2)cc1. The van der Waals surface area contributed by atoms with Gasteiger partial charge in [0.15, 0.2) is 0 Å². The topological polar surface area (TPSA) is 58.2 Å². The number of carbonyl (C=O) groups excluding carboxylic acids is 1. The Morgan fingerprint density at radius 2 is 2.19 bits per heavy atom. The molecule has 0 atom stereocenters. The second kappa shape index (κ2) is 5.99. The summed E-state index contributed by atoms with van der Waals surface area (Å²) in [4.78, 5) is 14.3. The Hall–Kier alpha value is -2.30. The van der Waals surface area contributed by atoms with Crippen molar-refractivity contribution in [3.63, 3.8) is 0 Å². The number of hydrogen-bond acceptors (Lipinski definition) is 3. The van der Waals surface area contributed by atoms with Gasteiger partial charge in [-0.25, -0.2) is 0 Å². The maximum absolute atomic E-state index is 12.4. The number of nitrogens with one attached hydrogen (secondary N) is 1. The zero-order valence-corrected chi connectivity index (χ0v) is 12.1. The van der Waals surface area contributed by atoms with E-state index in [-0.39, 0.29) is 5.91 Å². The number of fused-ring (bicyclic) bond motifs is 1. The zero-order valence-electron chi connectivity index (χ0n) is 12.1. The highest BCUT2D eigenvalue weighted by Gasteiger charge is 2.21. The van der Waals surface area contributed by atoms with Crippen LogP contribution in [0.25, 0.3) is 0 Å². The Balaban J connectivity index is 1.61. The molecule has 5 nitrogen and oxygen atoms in total. The fourth-order valence-electron chi connectivity index (χ4n) is 2.59. The second-order valence-electron chi connectivity index (χ2n) is 5.19. The molecule has 0 saturated carbocycles. The predicted molar refractivity (Wildman–Crippen MR) is 79.0 cm³/mol. The molecule has 2 heterocycles. The molecule has 0 bridgehead atoms. The summed E-state index contributed by atoms with van der Waals surface area (Å²) < 4.78 is 5.41. The van der Waals surface area contributed by atoms with Gasteiger partial charge >= 0.3 is 0 Å². The normalized spacial score (nSPS) is 13.9. The van der Waals surface area contributed by atoms with Crippen LogP contribution >= 0.6 is 0 Å². The fourth-order valence-corrected chi connectivity index (χ4v) is 2.59. The molecule has 0 aliphatic carbocycles. The van der Waals surface area contributed by atoms with Gasteiger partial charge in [0.1, 0.15) is 5.75 Å². The van der Waals surface area contributed by atoms with Crippen molar-refractivity contribution in [3.05, 3.63) is 47.3 Å². The lowest BCUT2D eigenvalue weighted by Gasteiger charge is -2.26. The molecule has 1 amide bonds. The number of ether oxygens (including phenoxy) is 1. The van der Waals surface area contributed by atoms with Gasteiger partial charge in [-0.3, -0.25) is 9.89 Å². The second-order valence-corrected chi connectivity index (χ2v) is 5.19. The van der Waals surface area contributed by atoms with E-state index in [9.17, 15) is 4.79 Å². The van der Waals surface area contributed by atoms with E-state index >= 15 is 0 Å². The van der Waals surface area contributed by atoms with E-state index in [0.29, 0.717) is 19.6 Å². The van der Waals surface area contributed by atoms with Crippen molar-refractivity contribution in [2.24, 2.45) is 0 Å². The number of rotatable bonds is 4. The summed E-state index contributed by atoms with van der Waals surface area (Å²) in [6, 6.07) is 7.74. The van der Waals surface area contributed by atoms with Crippen LogP contribution in [-0.4, -0.2) is 34.2 Å². The minimum atomic E-state index is 0.158. The molecule has 1 aliphatic rings. The highest BCUT2D eigenvalue weighted by molar-refractivity contribution is 5.79. The maximum Gasteiger partial charge on any atom is 0.227 e. The lowest BCUT2D eigenvalue weighted by Crippen LogP contribution is -2.36. The van der Waals surface area contributed by atoms with E-state index < -0.39 is 0 Å². The number of aromatic amines is 1. The minimum absolute atomic E-state index is 0.158. The maximum atomic E-state index is 12.4. The summed E-state index contributed by atoms with van der Waals surface area (Å²) in [5, 5.41) is 7.01. The third-order valence-corrected chi connectivity index (χ3v) is 3.74. The van der Waals surface area contributed by atoms with Crippen LogP contribution in [0, 0.1) is 0 Å². The molecule has 1 aromatic carbocycles. The van der Waals surface area contributed by atoms with Crippen molar-refractivity contribution in [2.45, 2.75) is 26.3 Å². The van der Waals surface area contributed by atoms with E-state index in [1.54, 1.807) is 0 Å². The zero-order chi connectivity index (χ0) is 14.7. The van der Waals surface area contributed by atoms with Crippen LogP contribution in [0.1, 0.15) is 23.7 Å². The molecule has 1 aromatic heterocycles. The van der Waals surface area contributed by atoms with Crippen LogP contribution in [0.5, 0.6) is 5.75 Å². The molecule has 0 unspecified atom stereocenters. The van der Waals surface area contributed by atoms with E-state index in [2.05, 4.69) is 10.2 Å². The van der Waals surface area contributed by atoms with Crippen LogP contribution in [0.2, 0.25) is 0 Å². The summed E-state index contributed by atoms with van der Waals surface area (Å²) in [6.45, 7) is 4.02.